The summed E-state index contributed by atoms with van der Waals surface area (Å²) in [5.74, 6) is 1.13. The number of thioether (sulfide) groups is 1. The lowest BCUT2D eigenvalue weighted by atomic mass is 10.1. The minimum atomic E-state index is -0.313. The molecule has 8 nitrogen and oxygen atoms in total. The van der Waals surface area contributed by atoms with Gasteiger partial charge in [-0.3, -0.25) is 14.2 Å². The van der Waals surface area contributed by atoms with Gasteiger partial charge in [-0.05, 0) is 73.2 Å². The summed E-state index contributed by atoms with van der Waals surface area (Å²) >= 11 is 1.16. The fourth-order valence-corrected chi connectivity index (χ4v) is 4.18. The number of nitrogens with one attached hydrogen (secondary N) is 1. The van der Waals surface area contributed by atoms with Crippen molar-refractivity contribution in [2.45, 2.75) is 12.1 Å². The van der Waals surface area contributed by atoms with Crippen LogP contribution in [0.25, 0.3) is 16.6 Å². The Morgan fingerprint density at radius 2 is 1.60 bits per heavy atom. The van der Waals surface area contributed by atoms with Gasteiger partial charge in [-0.1, -0.05) is 23.9 Å². The summed E-state index contributed by atoms with van der Waals surface area (Å²) in [6.07, 6.45) is 0. The topological polar surface area (TPSA) is 94.8 Å². The fraction of sp³-hybridized carbons (Fsp3) is 0.154. The van der Waals surface area contributed by atoms with E-state index in [2.05, 4.69) is 15.5 Å². The normalized spacial score (nSPS) is 11.3. The monoisotopic (exact) mass is 488 g/mol. The predicted molar refractivity (Wildman–Crippen MR) is 138 cm³/mol. The van der Waals surface area contributed by atoms with E-state index in [0.29, 0.717) is 33.2 Å². The number of methoxy groups -OCH3 is 2. The van der Waals surface area contributed by atoms with Crippen LogP contribution in [0.5, 0.6) is 11.5 Å². The highest BCUT2D eigenvalue weighted by Gasteiger charge is 2.15. The first-order chi connectivity index (χ1) is 17.0. The summed E-state index contributed by atoms with van der Waals surface area (Å²) in [6.45, 7) is 1.81. The summed E-state index contributed by atoms with van der Waals surface area (Å²) in [4.78, 5) is 30.5. The summed E-state index contributed by atoms with van der Waals surface area (Å²) < 4.78 is 11.9. The van der Waals surface area contributed by atoms with Crippen molar-refractivity contribution in [3.05, 3.63) is 88.7 Å². The number of amides is 1. The van der Waals surface area contributed by atoms with Gasteiger partial charge in [0.1, 0.15) is 11.5 Å². The van der Waals surface area contributed by atoms with E-state index < -0.39 is 0 Å². The molecule has 3 aromatic carbocycles. The molecule has 0 atom stereocenters. The predicted octanol–water partition coefficient (Wildman–Crippen LogP) is 4.04. The Morgan fingerprint density at radius 1 is 0.971 bits per heavy atom. The molecule has 1 heterocycles. The van der Waals surface area contributed by atoms with E-state index in [1.165, 1.54) is 4.57 Å². The van der Waals surface area contributed by atoms with Gasteiger partial charge in [0.2, 0.25) is 0 Å². The van der Waals surface area contributed by atoms with E-state index in [0.717, 1.165) is 23.1 Å². The second kappa shape index (κ2) is 10.9. The van der Waals surface area contributed by atoms with Gasteiger partial charge in [0.25, 0.3) is 11.5 Å². The number of hydrogen-bond donors (Lipinski definition) is 1. The maximum atomic E-state index is 13.3. The first kappa shape index (κ1) is 24.0. The SMILES string of the molecule is COc1ccc(C(C)=NNC(=O)CSc2nc3ccccc3c(=O)n2-c2ccc(OC)cc2)cc1. The second-order valence-corrected chi connectivity index (χ2v) is 8.44. The summed E-state index contributed by atoms with van der Waals surface area (Å²) in [5, 5.41) is 5.09. The van der Waals surface area contributed by atoms with E-state index in [9.17, 15) is 9.59 Å². The molecule has 0 aliphatic rings. The summed E-state index contributed by atoms with van der Waals surface area (Å²) in [7, 11) is 3.18. The molecule has 35 heavy (non-hydrogen) atoms. The van der Waals surface area contributed by atoms with E-state index >= 15 is 0 Å². The smallest absolute Gasteiger partial charge is 0.266 e. The number of benzene rings is 3. The lowest BCUT2D eigenvalue weighted by molar-refractivity contribution is -0.118. The van der Waals surface area contributed by atoms with E-state index in [1.807, 2.05) is 37.3 Å². The fourth-order valence-electron chi connectivity index (χ4n) is 3.37. The molecule has 0 fully saturated rings. The number of carbonyl (C=O) groups is 1. The van der Waals surface area contributed by atoms with Crippen LogP contribution in [0.2, 0.25) is 0 Å². The minimum absolute atomic E-state index is 0.0281. The number of carbonyl (C=O) groups excluding carboxylic acids is 1. The van der Waals surface area contributed by atoms with Crippen molar-refractivity contribution >= 4 is 34.3 Å². The van der Waals surface area contributed by atoms with Gasteiger partial charge in [0.15, 0.2) is 5.16 Å². The highest BCUT2D eigenvalue weighted by Crippen LogP contribution is 2.22. The van der Waals surface area contributed by atoms with Crippen molar-refractivity contribution in [2.75, 3.05) is 20.0 Å². The van der Waals surface area contributed by atoms with E-state index in [4.69, 9.17) is 9.47 Å². The lowest BCUT2D eigenvalue weighted by Gasteiger charge is -2.13. The number of fused-ring (bicyclic) bond motifs is 1. The molecule has 0 radical (unpaired) electrons. The van der Waals surface area contributed by atoms with Gasteiger partial charge in [0.05, 0.1) is 42.3 Å². The maximum absolute atomic E-state index is 13.3. The molecule has 0 aliphatic heterocycles. The Labute approximate surface area is 206 Å². The Bertz CT molecular complexity index is 1430. The molecule has 0 unspecified atom stereocenters. The number of rotatable bonds is 8. The van der Waals surface area contributed by atoms with Crippen LogP contribution in [0.3, 0.4) is 0 Å². The summed E-state index contributed by atoms with van der Waals surface area (Å²) in [6, 6.07) is 21.6. The molecule has 0 saturated heterocycles. The molecule has 9 heteroatoms. The zero-order valence-corrected chi connectivity index (χ0v) is 20.3. The van der Waals surface area contributed by atoms with Crippen LogP contribution < -0.4 is 20.5 Å². The molecular weight excluding hydrogens is 464 g/mol. The third kappa shape index (κ3) is 5.52. The highest BCUT2D eigenvalue weighted by molar-refractivity contribution is 7.99. The molecule has 178 valence electrons. The average Bonchev–Trinajstić information content (AvgIpc) is 2.90. The zero-order chi connectivity index (χ0) is 24.8. The number of nitrogens with zero attached hydrogens (tertiary/aromatic N) is 3. The second-order valence-electron chi connectivity index (χ2n) is 7.50. The number of hydrazone groups is 1. The van der Waals surface area contributed by atoms with Crippen molar-refractivity contribution < 1.29 is 14.3 Å². The first-order valence-corrected chi connectivity index (χ1v) is 11.8. The van der Waals surface area contributed by atoms with Crippen molar-refractivity contribution in [1.82, 2.24) is 15.0 Å². The Morgan fingerprint density at radius 3 is 2.26 bits per heavy atom. The average molecular weight is 489 g/mol. The van der Waals surface area contributed by atoms with Crippen molar-refractivity contribution in [1.29, 1.82) is 0 Å². The molecule has 4 rings (SSSR count). The van der Waals surface area contributed by atoms with Crippen molar-refractivity contribution in [2.24, 2.45) is 5.10 Å². The van der Waals surface area contributed by atoms with Gasteiger partial charge in [-0.15, -0.1) is 0 Å². The van der Waals surface area contributed by atoms with Crippen LogP contribution >= 0.6 is 11.8 Å². The van der Waals surface area contributed by atoms with Gasteiger partial charge in [0, 0.05) is 0 Å². The molecule has 1 N–H and O–H groups in total. The molecule has 1 amide bonds. The number of ether oxygens (including phenoxy) is 2. The van der Waals surface area contributed by atoms with Crippen LogP contribution in [0.1, 0.15) is 12.5 Å². The number of aromatic nitrogens is 2. The lowest BCUT2D eigenvalue weighted by Crippen LogP contribution is -2.24. The molecule has 0 bridgehead atoms. The van der Waals surface area contributed by atoms with Crippen LogP contribution in [0.15, 0.2) is 87.8 Å². The first-order valence-electron chi connectivity index (χ1n) is 10.8. The standard InChI is InChI=1S/C26H24N4O4S/c1-17(18-8-12-20(33-2)13-9-18)28-29-24(31)16-35-26-27-23-7-5-4-6-22(23)25(32)30(26)19-10-14-21(34-3)15-11-19/h4-15H,16H2,1-3H3,(H,29,31). The van der Waals surface area contributed by atoms with Gasteiger partial charge < -0.3 is 9.47 Å². The molecule has 1 aromatic heterocycles. The maximum Gasteiger partial charge on any atom is 0.266 e. The molecular formula is C26H24N4O4S. The van der Waals surface area contributed by atoms with Crippen LogP contribution in [0, 0.1) is 0 Å². The van der Waals surface area contributed by atoms with E-state index in [1.54, 1.807) is 56.7 Å². The van der Waals surface area contributed by atoms with Gasteiger partial charge >= 0.3 is 0 Å². The third-order valence-electron chi connectivity index (χ3n) is 5.26. The third-order valence-corrected chi connectivity index (χ3v) is 6.20. The molecule has 0 saturated carbocycles. The van der Waals surface area contributed by atoms with E-state index in [-0.39, 0.29) is 17.2 Å². The Kier molecular flexibility index (Phi) is 7.47. The Hall–Kier alpha value is -4.11. The minimum Gasteiger partial charge on any atom is -0.497 e. The van der Waals surface area contributed by atoms with Crippen LogP contribution in [-0.4, -0.2) is 41.1 Å². The van der Waals surface area contributed by atoms with Gasteiger partial charge in [-0.2, -0.15) is 5.10 Å². The largest absolute Gasteiger partial charge is 0.497 e. The molecule has 4 aromatic rings. The number of hydrogen-bond acceptors (Lipinski definition) is 7. The Balaban J connectivity index is 1.56. The van der Waals surface area contributed by atoms with Crippen molar-refractivity contribution in [3.8, 4) is 17.2 Å². The van der Waals surface area contributed by atoms with Gasteiger partial charge in [-0.25, -0.2) is 10.4 Å². The van der Waals surface area contributed by atoms with Crippen molar-refractivity contribution in [3.63, 3.8) is 0 Å². The number of para-hydroxylation sites is 1. The van der Waals surface area contributed by atoms with Crippen LogP contribution in [0.4, 0.5) is 0 Å². The summed E-state index contributed by atoms with van der Waals surface area (Å²) in [5.41, 5.74) is 5.08. The molecule has 0 spiro atoms. The quantitative estimate of drug-likeness (QED) is 0.174. The van der Waals surface area contributed by atoms with Crippen LogP contribution in [-0.2, 0) is 4.79 Å². The zero-order valence-electron chi connectivity index (χ0n) is 19.5. The highest BCUT2D eigenvalue weighted by atomic mass is 32.2. The molecule has 0 aliphatic carbocycles.